The predicted octanol–water partition coefficient (Wildman–Crippen LogP) is 2.68. The Balaban J connectivity index is 2.24. The van der Waals surface area contributed by atoms with Crippen molar-refractivity contribution < 1.29 is 0 Å². The van der Waals surface area contributed by atoms with E-state index in [1.54, 1.807) is 6.07 Å². The van der Waals surface area contributed by atoms with E-state index < -0.39 is 0 Å². The first-order valence-corrected chi connectivity index (χ1v) is 5.54. The zero-order valence-electron chi connectivity index (χ0n) is 9.13. The molecule has 4 nitrogen and oxygen atoms in total. The minimum atomic E-state index is 0.382. The Morgan fingerprint density at radius 1 is 1.06 bits per heavy atom. The number of fused-ring (bicyclic) bond motifs is 1. The van der Waals surface area contributed by atoms with Crippen LogP contribution in [0.1, 0.15) is 0 Å². The summed E-state index contributed by atoms with van der Waals surface area (Å²) in [6, 6.07) is 11.5. The predicted molar refractivity (Wildman–Crippen MR) is 66.8 cm³/mol. The third-order valence-electron chi connectivity index (χ3n) is 2.65. The average Bonchev–Trinajstić information content (AvgIpc) is 2.69. The number of halogens is 1. The van der Waals surface area contributed by atoms with Crippen LogP contribution in [0.4, 0.5) is 0 Å². The van der Waals surface area contributed by atoms with Crippen molar-refractivity contribution in [3.8, 4) is 11.5 Å². The van der Waals surface area contributed by atoms with E-state index in [-0.39, 0.29) is 0 Å². The highest BCUT2D eigenvalue weighted by molar-refractivity contribution is 6.29. The molecular formula is C12H9ClN4. The monoisotopic (exact) mass is 244 g/mol. The minimum Gasteiger partial charge on any atom is -0.326 e. The van der Waals surface area contributed by atoms with Gasteiger partial charge in [0.15, 0.2) is 11.0 Å². The van der Waals surface area contributed by atoms with E-state index >= 15 is 0 Å². The van der Waals surface area contributed by atoms with Gasteiger partial charge in [0, 0.05) is 7.05 Å². The van der Waals surface area contributed by atoms with Gasteiger partial charge in [0.1, 0.15) is 5.69 Å². The van der Waals surface area contributed by atoms with Gasteiger partial charge in [-0.2, -0.15) is 0 Å². The summed E-state index contributed by atoms with van der Waals surface area (Å²) < 4.78 is 1.99. The van der Waals surface area contributed by atoms with Gasteiger partial charge < -0.3 is 4.57 Å². The van der Waals surface area contributed by atoms with E-state index in [0.717, 1.165) is 16.9 Å². The Morgan fingerprint density at radius 2 is 1.88 bits per heavy atom. The molecule has 3 aromatic rings. The van der Waals surface area contributed by atoms with Crippen molar-refractivity contribution in [2.24, 2.45) is 7.05 Å². The fourth-order valence-corrected chi connectivity index (χ4v) is 1.91. The molecule has 1 aromatic carbocycles. The van der Waals surface area contributed by atoms with Crippen LogP contribution in [-0.4, -0.2) is 19.7 Å². The Morgan fingerprint density at radius 3 is 2.59 bits per heavy atom. The molecule has 0 bridgehead atoms. The molecule has 84 valence electrons. The summed E-state index contributed by atoms with van der Waals surface area (Å²) in [4.78, 5) is 4.53. The molecule has 0 fully saturated rings. The first-order valence-electron chi connectivity index (χ1n) is 5.17. The van der Waals surface area contributed by atoms with Crippen LogP contribution >= 0.6 is 11.6 Å². The molecule has 5 heteroatoms. The second-order valence-corrected chi connectivity index (χ2v) is 4.11. The number of imidazole rings is 1. The van der Waals surface area contributed by atoms with Crippen LogP contribution in [-0.2, 0) is 7.05 Å². The third kappa shape index (κ3) is 1.66. The Labute approximate surface area is 103 Å². The molecule has 0 unspecified atom stereocenters. The van der Waals surface area contributed by atoms with Crippen LogP contribution in [0.3, 0.4) is 0 Å². The largest absolute Gasteiger partial charge is 0.326 e. The van der Waals surface area contributed by atoms with Gasteiger partial charge in [0.05, 0.1) is 11.0 Å². The number of hydrogen-bond donors (Lipinski definition) is 0. The van der Waals surface area contributed by atoms with E-state index in [4.69, 9.17) is 11.6 Å². The second-order valence-electron chi connectivity index (χ2n) is 3.72. The molecular weight excluding hydrogens is 236 g/mol. The Bertz CT molecular complexity index is 673. The molecule has 17 heavy (non-hydrogen) atoms. The summed E-state index contributed by atoms with van der Waals surface area (Å²) in [7, 11) is 1.96. The molecule has 2 heterocycles. The zero-order valence-corrected chi connectivity index (χ0v) is 9.89. The average molecular weight is 245 g/mol. The van der Waals surface area contributed by atoms with Crippen molar-refractivity contribution in [3.63, 3.8) is 0 Å². The lowest BCUT2D eigenvalue weighted by Gasteiger charge is -2.00. The normalized spacial score (nSPS) is 10.9. The smallest absolute Gasteiger partial charge is 0.161 e. The maximum Gasteiger partial charge on any atom is 0.161 e. The van der Waals surface area contributed by atoms with Gasteiger partial charge in [-0.25, -0.2) is 4.98 Å². The Kier molecular flexibility index (Phi) is 2.30. The lowest BCUT2D eigenvalue weighted by atomic mass is 10.3. The maximum absolute atomic E-state index is 5.72. The van der Waals surface area contributed by atoms with Gasteiger partial charge in [-0.1, -0.05) is 23.7 Å². The highest BCUT2D eigenvalue weighted by atomic mass is 35.5. The third-order valence-corrected chi connectivity index (χ3v) is 2.85. The van der Waals surface area contributed by atoms with E-state index in [1.165, 1.54) is 0 Å². The summed E-state index contributed by atoms with van der Waals surface area (Å²) in [5, 5.41) is 8.25. The summed E-state index contributed by atoms with van der Waals surface area (Å²) >= 11 is 5.72. The maximum atomic E-state index is 5.72. The summed E-state index contributed by atoms with van der Waals surface area (Å²) in [5.74, 6) is 0.787. The molecule has 2 aromatic heterocycles. The van der Waals surface area contributed by atoms with Crippen molar-refractivity contribution in [3.05, 3.63) is 41.6 Å². The minimum absolute atomic E-state index is 0.382. The summed E-state index contributed by atoms with van der Waals surface area (Å²) in [6.45, 7) is 0. The lowest BCUT2D eigenvalue weighted by molar-refractivity contribution is 0.930. The lowest BCUT2D eigenvalue weighted by Crippen LogP contribution is -1.95. The SMILES string of the molecule is Cn1c(-c2ccc(Cl)nn2)nc2ccccc21. The summed E-state index contributed by atoms with van der Waals surface area (Å²) in [6.07, 6.45) is 0. The quantitative estimate of drug-likeness (QED) is 0.661. The number of hydrogen-bond acceptors (Lipinski definition) is 3. The van der Waals surface area contributed by atoms with E-state index in [2.05, 4.69) is 15.2 Å². The molecule has 0 aliphatic rings. The van der Waals surface area contributed by atoms with Gasteiger partial charge in [-0.3, -0.25) is 0 Å². The molecule has 0 saturated carbocycles. The Hall–Kier alpha value is -1.94. The first-order chi connectivity index (χ1) is 8.25. The fraction of sp³-hybridized carbons (Fsp3) is 0.0833. The molecule has 0 N–H and O–H groups in total. The molecule has 3 rings (SSSR count). The van der Waals surface area contributed by atoms with Gasteiger partial charge in [-0.05, 0) is 24.3 Å². The van der Waals surface area contributed by atoms with Gasteiger partial charge >= 0.3 is 0 Å². The number of benzene rings is 1. The summed E-state index contributed by atoms with van der Waals surface area (Å²) in [5.41, 5.74) is 2.73. The van der Waals surface area contributed by atoms with E-state index in [9.17, 15) is 0 Å². The second kappa shape index (κ2) is 3.82. The van der Waals surface area contributed by atoms with Crippen LogP contribution in [0.2, 0.25) is 5.15 Å². The molecule has 0 radical (unpaired) electrons. The van der Waals surface area contributed by atoms with Crippen LogP contribution in [0.5, 0.6) is 0 Å². The highest BCUT2D eigenvalue weighted by Crippen LogP contribution is 2.21. The molecule has 0 aliphatic carbocycles. The van der Waals surface area contributed by atoms with Crippen molar-refractivity contribution in [2.45, 2.75) is 0 Å². The standard InChI is InChI=1S/C12H9ClN4/c1-17-10-5-3-2-4-8(10)14-12(17)9-6-7-11(13)16-15-9/h2-7H,1H3. The van der Waals surface area contributed by atoms with Crippen molar-refractivity contribution in [1.29, 1.82) is 0 Å². The van der Waals surface area contributed by atoms with Crippen molar-refractivity contribution in [2.75, 3.05) is 0 Å². The topological polar surface area (TPSA) is 43.6 Å². The highest BCUT2D eigenvalue weighted by Gasteiger charge is 2.10. The molecule has 0 aliphatic heterocycles. The number of rotatable bonds is 1. The van der Waals surface area contributed by atoms with Crippen LogP contribution in [0.25, 0.3) is 22.6 Å². The zero-order chi connectivity index (χ0) is 11.8. The molecule has 0 saturated heterocycles. The van der Waals surface area contributed by atoms with Gasteiger partial charge in [0.2, 0.25) is 0 Å². The van der Waals surface area contributed by atoms with Crippen LogP contribution in [0, 0.1) is 0 Å². The van der Waals surface area contributed by atoms with E-state index in [1.807, 2.05) is 41.9 Å². The van der Waals surface area contributed by atoms with Crippen molar-refractivity contribution in [1.82, 2.24) is 19.7 Å². The number of aryl methyl sites for hydroxylation is 1. The van der Waals surface area contributed by atoms with Crippen LogP contribution in [0.15, 0.2) is 36.4 Å². The number of para-hydroxylation sites is 2. The molecule has 0 atom stereocenters. The van der Waals surface area contributed by atoms with Gasteiger partial charge in [0.25, 0.3) is 0 Å². The first kappa shape index (κ1) is 10.2. The fourth-order valence-electron chi connectivity index (χ4n) is 1.81. The van der Waals surface area contributed by atoms with Crippen LogP contribution < -0.4 is 0 Å². The number of aromatic nitrogens is 4. The van der Waals surface area contributed by atoms with Gasteiger partial charge in [-0.15, -0.1) is 10.2 Å². The van der Waals surface area contributed by atoms with Crippen molar-refractivity contribution >= 4 is 22.6 Å². The van der Waals surface area contributed by atoms with E-state index in [0.29, 0.717) is 10.8 Å². The number of nitrogens with zero attached hydrogens (tertiary/aromatic N) is 4. The molecule has 0 spiro atoms. The molecule has 0 amide bonds.